The van der Waals surface area contributed by atoms with Gasteiger partial charge in [-0.15, -0.1) is 0 Å². The Morgan fingerprint density at radius 2 is 2.12 bits per heavy atom. The molecule has 1 saturated heterocycles. The normalized spacial score (nSPS) is 21.5. The molecular formula is C24H27FN8O. The standard InChI is InChI=1S/C24H27FN8O/c1-24(22(34)27-15-8-9-19(25)26-13-15)10-3-11-33(24)23-28-17-5-2-4-16(17)21(30-23)29-20-12-18(31-32-20)14-6-7-14/h8-9,12-14H,2-7,10-11H2,1H3,(H,27,34)(H2,28,29,30,31,32)/t24-/m0/s1. The summed E-state index contributed by atoms with van der Waals surface area (Å²) in [5.41, 5.74) is 2.95. The minimum absolute atomic E-state index is 0.182. The Morgan fingerprint density at radius 1 is 1.24 bits per heavy atom. The number of amides is 1. The topological polar surface area (TPSA) is 112 Å². The molecule has 9 nitrogen and oxygen atoms in total. The molecule has 0 spiro atoms. The fourth-order valence-electron chi connectivity index (χ4n) is 5.00. The van der Waals surface area contributed by atoms with Gasteiger partial charge in [-0.05, 0) is 64.0 Å². The molecular weight excluding hydrogens is 435 g/mol. The fourth-order valence-corrected chi connectivity index (χ4v) is 5.00. The molecule has 2 fully saturated rings. The van der Waals surface area contributed by atoms with Crippen molar-refractivity contribution >= 4 is 29.2 Å². The number of nitrogens with one attached hydrogen (secondary N) is 3. The molecule has 1 atom stereocenters. The molecule has 34 heavy (non-hydrogen) atoms. The minimum Gasteiger partial charge on any atom is -0.326 e. The lowest BCUT2D eigenvalue weighted by Crippen LogP contribution is -2.51. The van der Waals surface area contributed by atoms with E-state index in [1.165, 1.54) is 31.2 Å². The van der Waals surface area contributed by atoms with Crippen LogP contribution in [0.15, 0.2) is 24.4 Å². The molecule has 3 aromatic rings. The molecule has 3 aliphatic rings. The molecule has 1 aliphatic heterocycles. The van der Waals surface area contributed by atoms with Gasteiger partial charge in [0.1, 0.15) is 11.4 Å². The van der Waals surface area contributed by atoms with Crippen molar-refractivity contribution in [1.29, 1.82) is 0 Å². The first kappa shape index (κ1) is 21.0. The van der Waals surface area contributed by atoms with Crippen LogP contribution < -0.4 is 15.5 Å². The largest absolute Gasteiger partial charge is 0.326 e. The van der Waals surface area contributed by atoms with Crippen LogP contribution in [0.25, 0.3) is 0 Å². The van der Waals surface area contributed by atoms with Gasteiger partial charge in [0, 0.05) is 29.8 Å². The maximum atomic E-state index is 13.3. The molecule has 6 rings (SSSR count). The number of halogens is 1. The number of nitrogens with zero attached hydrogens (tertiary/aromatic N) is 5. The second-order valence-corrected chi connectivity index (χ2v) is 9.61. The number of rotatable bonds is 6. The van der Waals surface area contributed by atoms with Crippen molar-refractivity contribution in [3.05, 3.63) is 47.3 Å². The van der Waals surface area contributed by atoms with Crippen LogP contribution >= 0.6 is 0 Å². The van der Waals surface area contributed by atoms with Crippen LogP contribution in [-0.2, 0) is 17.6 Å². The average Bonchev–Trinajstić information content (AvgIpc) is 3.20. The number of aryl methyl sites for hydroxylation is 1. The summed E-state index contributed by atoms with van der Waals surface area (Å²) in [5, 5.41) is 13.9. The van der Waals surface area contributed by atoms with Gasteiger partial charge < -0.3 is 15.5 Å². The molecule has 0 aromatic carbocycles. The number of aromatic amines is 1. The highest BCUT2D eigenvalue weighted by Gasteiger charge is 2.45. The summed E-state index contributed by atoms with van der Waals surface area (Å²) in [6.07, 6.45) is 8.10. The third kappa shape index (κ3) is 3.76. The molecule has 3 N–H and O–H groups in total. The van der Waals surface area contributed by atoms with Crippen LogP contribution in [0.1, 0.15) is 61.9 Å². The van der Waals surface area contributed by atoms with E-state index in [1.54, 1.807) is 0 Å². The quantitative estimate of drug-likeness (QED) is 0.477. The van der Waals surface area contributed by atoms with Crippen LogP contribution in [0, 0.1) is 5.95 Å². The van der Waals surface area contributed by atoms with Crippen molar-refractivity contribution in [3.63, 3.8) is 0 Å². The summed E-state index contributed by atoms with van der Waals surface area (Å²) in [4.78, 5) is 28.7. The second kappa shape index (κ2) is 8.03. The first-order valence-electron chi connectivity index (χ1n) is 11.9. The van der Waals surface area contributed by atoms with Gasteiger partial charge in [-0.3, -0.25) is 9.89 Å². The van der Waals surface area contributed by atoms with Gasteiger partial charge in [0.15, 0.2) is 5.82 Å². The molecule has 0 radical (unpaired) electrons. The number of aromatic nitrogens is 5. The molecule has 3 aromatic heterocycles. The number of pyridine rings is 1. The Kier molecular flexibility index (Phi) is 4.96. The molecule has 4 heterocycles. The summed E-state index contributed by atoms with van der Waals surface area (Å²) in [7, 11) is 0. The van der Waals surface area contributed by atoms with E-state index in [2.05, 4.69) is 31.9 Å². The van der Waals surface area contributed by atoms with E-state index in [1.807, 2.05) is 11.8 Å². The van der Waals surface area contributed by atoms with E-state index in [4.69, 9.17) is 9.97 Å². The minimum atomic E-state index is -0.829. The van der Waals surface area contributed by atoms with Crippen LogP contribution in [0.5, 0.6) is 0 Å². The number of hydrogen-bond acceptors (Lipinski definition) is 7. The van der Waals surface area contributed by atoms with Gasteiger partial charge in [-0.2, -0.15) is 14.5 Å². The second-order valence-electron chi connectivity index (χ2n) is 9.61. The number of carbonyl (C=O) groups is 1. The third-order valence-electron chi connectivity index (χ3n) is 7.14. The SMILES string of the molecule is C[C@@]1(C(=O)Nc2ccc(F)nc2)CCCN1c1nc2c(c(Nc3cc(C4CC4)[nH]n3)n1)CCC2. The Bertz CT molecular complexity index is 1240. The number of hydrogen-bond donors (Lipinski definition) is 3. The maximum Gasteiger partial charge on any atom is 0.250 e. The van der Waals surface area contributed by atoms with E-state index in [0.29, 0.717) is 30.5 Å². The number of fused-ring (bicyclic) bond motifs is 1. The summed E-state index contributed by atoms with van der Waals surface area (Å²) in [5.74, 6) is 1.90. The Morgan fingerprint density at radius 3 is 2.91 bits per heavy atom. The predicted molar refractivity (Wildman–Crippen MR) is 126 cm³/mol. The number of H-pyrrole nitrogens is 1. The van der Waals surface area contributed by atoms with Gasteiger partial charge in [-0.1, -0.05) is 0 Å². The average molecular weight is 463 g/mol. The molecule has 0 bridgehead atoms. The first-order chi connectivity index (χ1) is 16.5. The summed E-state index contributed by atoms with van der Waals surface area (Å²) < 4.78 is 13.2. The Hall–Kier alpha value is -3.56. The van der Waals surface area contributed by atoms with Crippen LogP contribution in [0.4, 0.5) is 27.7 Å². The van der Waals surface area contributed by atoms with Gasteiger partial charge in [0.25, 0.3) is 0 Å². The Labute approximate surface area is 196 Å². The summed E-state index contributed by atoms with van der Waals surface area (Å²) >= 11 is 0. The van der Waals surface area contributed by atoms with Crippen LogP contribution in [0.2, 0.25) is 0 Å². The van der Waals surface area contributed by atoms with E-state index >= 15 is 0 Å². The molecule has 2 aliphatic carbocycles. The third-order valence-corrected chi connectivity index (χ3v) is 7.14. The van der Waals surface area contributed by atoms with Crippen molar-refractivity contribution in [2.45, 2.75) is 63.3 Å². The van der Waals surface area contributed by atoms with E-state index in [-0.39, 0.29) is 5.91 Å². The molecule has 1 amide bonds. The van der Waals surface area contributed by atoms with Gasteiger partial charge >= 0.3 is 0 Å². The Balaban J connectivity index is 1.29. The zero-order valence-electron chi connectivity index (χ0n) is 19.1. The lowest BCUT2D eigenvalue weighted by molar-refractivity contribution is -0.120. The van der Waals surface area contributed by atoms with E-state index in [9.17, 15) is 9.18 Å². The lowest BCUT2D eigenvalue weighted by Gasteiger charge is -2.34. The van der Waals surface area contributed by atoms with Crippen LogP contribution in [-0.4, -0.2) is 43.1 Å². The molecule has 1 saturated carbocycles. The van der Waals surface area contributed by atoms with Crippen molar-refractivity contribution in [1.82, 2.24) is 25.1 Å². The highest BCUT2D eigenvalue weighted by Crippen LogP contribution is 2.40. The van der Waals surface area contributed by atoms with E-state index in [0.717, 1.165) is 54.3 Å². The maximum absolute atomic E-state index is 13.3. The van der Waals surface area contributed by atoms with Crippen molar-refractivity contribution in [2.75, 3.05) is 22.1 Å². The zero-order chi connectivity index (χ0) is 23.3. The van der Waals surface area contributed by atoms with Gasteiger partial charge in [0.2, 0.25) is 17.8 Å². The number of anilines is 4. The molecule has 10 heteroatoms. The van der Waals surface area contributed by atoms with Gasteiger partial charge in [-0.25, -0.2) is 9.97 Å². The van der Waals surface area contributed by atoms with Gasteiger partial charge in [0.05, 0.1) is 17.6 Å². The lowest BCUT2D eigenvalue weighted by atomic mass is 9.97. The zero-order valence-corrected chi connectivity index (χ0v) is 19.1. The smallest absolute Gasteiger partial charge is 0.250 e. The predicted octanol–water partition coefficient (Wildman–Crippen LogP) is 3.84. The van der Waals surface area contributed by atoms with E-state index < -0.39 is 11.5 Å². The number of carbonyl (C=O) groups excluding carboxylic acids is 1. The fraction of sp³-hybridized carbons (Fsp3) is 0.458. The van der Waals surface area contributed by atoms with Crippen molar-refractivity contribution in [3.8, 4) is 0 Å². The van der Waals surface area contributed by atoms with Crippen LogP contribution in [0.3, 0.4) is 0 Å². The summed E-state index contributed by atoms with van der Waals surface area (Å²) in [6, 6.07) is 4.80. The molecule has 0 unspecified atom stereocenters. The summed E-state index contributed by atoms with van der Waals surface area (Å²) in [6.45, 7) is 2.59. The molecule has 176 valence electrons. The van der Waals surface area contributed by atoms with Crippen molar-refractivity contribution in [2.24, 2.45) is 0 Å². The first-order valence-corrected chi connectivity index (χ1v) is 11.9. The highest BCUT2D eigenvalue weighted by molar-refractivity contribution is 6.00. The van der Waals surface area contributed by atoms with Crippen molar-refractivity contribution < 1.29 is 9.18 Å². The monoisotopic (exact) mass is 462 g/mol. The highest BCUT2D eigenvalue weighted by atomic mass is 19.1.